The molecule has 0 aliphatic carbocycles. The van der Waals surface area contributed by atoms with E-state index in [2.05, 4.69) is 26.5 Å². The number of hydrogen-bond donors (Lipinski definition) is 2. The largest absolute Gasteiger partial charge is 3.00 e. The monoisotopic (exact) mass is 255 g/mol. The van der Waals surface area contributed by atoms with Crippen molar-refractivity contribution in [3.63, 3.8) is 0 Å². The van der Waals surface area contributed by atoms with Crippen molar-refractivity contribution in [2.24, 2.45) is 21.6 Å². The Morgan fingerprint density at radius 3 is 1.85 bits per heavy atom. The summed E-state index contributed by atoms with van der Waals surface area (Å²) in [5, 5.41) is 10.4. The van der Waals surface area contributed by atoms with E-state index in [-0.39, 0.29) is 32.7 Å². The van der Waals surface area contributed by atoms with E-state index in [0.29, 0.717) is 0 Å². The summed E-state index contributed by atoms with van der Waals surface area (Å²) in [6.07, 6.45) is 1.34. The number of nitrogens with zero attached hydrogens (tertiary/aromatic N) is 4. The Labute approximate surface area is 100 Å². The maximum absolute atomic E-state index is 7.60. The summed E-state index contributed by atoms with van der Waals surface area (Å²) in [7, 11) is 0. The molecular weight excluding hydrogens is 249 g/mol. The summed E-state index contributed by atoms with van der Waals surface area (Å²) >= 11 is 0. The average molecular weight is 255 g/mol. The number of nitrogens with one attached hydrogen (secondary N) is 2. The number of hydrogen-bond acceptors (Lipinski definition) is 3. The number of rotatable bonds is 0. The molecule has 0 bridgehead atoms. The standard InChI is InChI=1S/2C2H3N4.Y/c1-5-6-2(3)4;3-1-6-2(4)5;/h(H3-,3,4,6);(H3-,4,5,6);/q2*-1;+3. The third kappa shape index (κ3) is 37.0. The van der Waals surface area contributed by atoms with Gasteiger partial charge in [0.2, 0.25) is 0 Å². The first-order valence-electron chi connectivity index (χ1n) is 2.40. The predicted octanol–water partition coefficient (Wildman–Crippen LogP) is 0.0195. The second-order valence-electron chi connectivity index (χ2n) is 1.18. The van der Waals surface area contributed by atoms with Crippen molar-refractivity contribution in [2.45, 2.75) is 0 Å². The molecule has 9 heteroatoms. The van der Waals surface area contributed by atoms with Crippen LogP contribution >= 0.6 is 0 Å². The number of aliphatic imine (C=N–C) groups is 1. The molecule has 0 aromatic carbocycles. The SMILES string of the molecule is N#CN=C([NH-])N.[C-]#[N+]/N=C(\[NH-])N.[Y+3]. The summed E-state index contributed by atoms with van der Waals surface area (Å²) in [5.41, 5.74) is 21.8. The summed E-state index contributed by atoms with van der Waals surface area (Å²) < 4.78 is 0. The van der Waals surface area contributed by atoms with E-state index in [4.69, 9.17) is 23.3 Å². The first-order valence-corrected chi connectivity index (χ1v) is 2.40. The first-order chi connectivity index (χ1) is 5.54. The summed E-state index contributed by atoms with van der Waals surface area (Å²) in [4.78, 5) is 5.25. The molecule has 0 aromatic rings. The van der Waals surface area contributed by atoms with Gasteiger partial charge < -0.3 is 22.9 Å². The topological polar surface area (TPSA) is 153 Å². The molecule has 0 saturated carbocycles. The molecule has 0 atom stereocenters. The second kappa shape index (κ2) is 13.2. The maximum atomic E-state index is 7.60. The van der Waals surface area contributed by atoms with Crippen molar-refractivity contribution in [3.05, 3.63) is 23.0 Å². The molecule has 0 rings (SSSR count). The van der Waals surface area contributed by atoms with Crippen LogP contribution in [0, 0.1) is 18.0 Å². The van der Waals surface area contributed by atoms with Crippen LogP contribution in [0.15, 0.2) is 10.1 Å². The van der Waals surface area contributed by atoms with Gasteiger partial charge in [0.05, 0.1) is 5.96 Å². The molecule has 0 amide bonds. The van der Waals surface area contributed by atoms with Crippen LogP contribution in [0.4, 0.5) is 0 Å². The van der Waals surface area contributed by atoms with Crippen molar-refractivity contribution in [1.82, 2.24) is 0 Å². The Bertz CT molecular complexity index is 218. The third-order valence-corrected chi connectivity index (χ3v) is 0.328. The summed E-state index contributed by atoms with van der Waals surface area (Å²) in [6.45, 7) is 5.97. The molecule has 0 saturated heterocycles. The van der Waals surface area contributed by atoms with Gasteiger partial charge in [-0.3, -0.25) is 4.99 Å². The molecule has 64 valence electrons. The number of nitriles is 1. The van der Waals surface area contributed by atoms with E-state index in [1.54, 1.807) is 0 Å². The van der Waals surface area contributed by atoms with Crippen LogP contribution in [0.3, 0.4) is 0 Å². The molecule has 0 aromatic heterocycles. The third-order valence-electron chi connectivity index (χ3n) is 0.328. The van der Waals surface area contributed by atoms with Crippen LogP contribution in [-0.4, -0.2) is 11.9 Å². The zero-order valence-electron chi connectivity index (χ0n) is 6.52. The Balaban J connectivity index is -0.000000143. The Morgan fingerprint density at radius 2 is 1.85 bits per heavy atom. The fourth-order valence-corrected chi connectivity index (χ4v) is 0.108. The van der Waals surface area contributed by atoms with Gasteiger partial charge in [0.1, 0.15) is 6.19 Å². The zero-order valence-corrected chi connectivity index (χ0v) is 9.36. The minimum Gasteiger partial charge on any atom is -0.453 e. The van der Waals surface area contributed by atoms with Crippen LogP contribution in [0.2, 0.25) is 0 Å². The van der Waals surface area contributed by atoms with E-state index in [1.807, 2.05) is 0 Å². The molecule has 0 heterocycles. The van der Waals surface area contributed by atoms with Crippen molar-refractivity contribution in [1.29, 1.82) is 5.26 Å². The molecule has 6 N–H and O–H groups in total. The van der Waals surface area contributed by atoms with Gasteiger partial charge in [0, 0.05) is 5.96 Å². The smallest absolute Gasteiger partial charge is 0.453 e. The molecule has 0 aliphatic heterocycles. The Morgan fingerprint density at radius 1 is 1.38 bits per heavy atom. The molecule has 0 aliphatic rings. The van der Waals surface area contributed by atoms with E-state index < -0.39 is 11.9 Å². The minimum absolute atomic E-state index is 0. The van der Waals surface area contributed by atoms with E-state index >= 15 is 0 Å². The quantitative estimate of drug-likeness (QED) is 0.206. The van der Waals surface area contributed by atoms with Gasteiger partial charge in [0.25, 0.3) is 0 Å². The molecule has 8 nitrogen and oxygen atoms in total. The van der Waals surface area contributed by atoms with E-state index in [1.165, 1.54) is 6.19 Å². The summed E-state index contributed by atoms with van der Waals surface area (Å²) in [5.74, 6) is -0.887. The maximum Gasteiger partial charge on any atom is 3.00 e. The van der Waals surface area contributed by atoms with Crippen LogP contribution in [0.25, 0.3) is 16.4 Å². The van der Waals surface area contributed by atoms with Gasteiger partial charge in [-0.15, -0.1) is 0 Å². The van der Waals surface area contributed by atoms with Crippen molar-refractivity contribution in [2.75, 3.05) is 0 Å². The van der Waals surface area contributed by atoms with Crippen molar-refractivity contribution in [3.8, 4) is 6.19 Å². The van der Waals surface area contributed by atoms with Gasteiger partial charge in [-0.1, -0.05) is 0 Å². The van der Waals surface area contributed by atoms with Gasteiger partial charge in [-0.2, -0.15) is 5.26 Å². The molecule has 0 unspecified atom stereocenters. The minimum atomic E-state index is -0.447. The molecule has 0 spiro atoms. The van der Waals surface area contributed by atoms with Gasteiger partial charge >= 0.3 is 32.7 Å². The zero-order chi connectivity index (χ0) is 9.98. The average Bonchev–Trinajstić information content (AvgIpc) is 1.87. The first kappa shape index (κ1) is 17.6. The fourth-order valence-electron chi connectivity index (χ4n) is 0.108. The van der Waals surface area contributed by atoms with E-state index in [9.17, 15) is 0 Å². The van der Waals surface area contributed by atoms with Gasteiger partial charge in [0.15, 0.2) is 0 Å². The van der Waals surface area contributed by atoms with Crippen molar-refractivity contribution < 1.29 is 32.7 Å². The molecule has 0 radical (unpaired) electrons. The van der Waals surface area contributed by atoms with Crippen molar-refractivity contribution >= 4 is 11.9 Å². The predicted molar refractivity (Wildman–Crippen MR) is 44.1 cm³/mol. The van der Waals surface area contributed by atoms with Gasteiger partial charge in [-0.25, -0.2) is 11.5 Å². The van der Waals surface area contributed by atoms with Crippen LogP contribution < -0.4 is 11.5 Å². The summed E-state index contributed by atoms with van der Waals surface area (Å²) in [6, 6.07) is 0. The number of nitrogens with two attached hydrogens (primary N) is 2. The number of guanidine groups is 2. The molecular formula is C4H6N8Y+. The molecule has 0 fully saturated rings. The van der Waals surface area contributed by atoms with Crippen LogP contribution in [0.1, 0.15) is 0 Å². The molecule has 13 heavy (non-hydrogen) atoms. The van der Waals surface area contributed by atoms with Crippen LogP contribution in [-0.2, 0) is 32.7 Å². The normalized spacial score (nSPS) is 9.38. The van der Waals surface area contributed by atoms with Crippen LogP contribution in [0.5, 0.6) is 0 Å². The van der Waals surface area contributed by atoms with E-state index in [0.717, 1.165) is 0 Å². The van der Waals surface area contributed by atoms with Gasteiger partial charge in [-0.05, 0) is 5.10 Å². The fraction of sp³-hybridized carbons (Fsp3) is 0. The Kier molecular flexibility index (Phi) is 18.0. The Hall–Kier alpha value is -1.38. The second-order valence-corrected chi connectivity index (χ2v) is 1.18.